The van der Waals surface area contributed by atoms with Gasteiger partial charge in [-0.25, -0.2) is 4.98 Å². The van der Waals surface area contributed by atoms with Gasteiger partial charge in [0.2, 0.25) is 0 Å². The zero-order chi connectivity index (χ0) is 23.0. The standard InChI is InChI=1S/C26H18BrN3O2S/c27-22-11-9-18(10-12-22)16-32-23-8-4-5-19(14-23)13-21(15-28)25(31)30-26-29-24(17-33-26)20-6-2-1-3-7-20/h1-14,17H,16H2,(H,29,30,31)/b21-13-. The number of carbonyl (C=O) groups is 1. The van der Waals surface area contributed by atoms with Crippen LogP contribution in [0, 0.1) is 11.3 Å². The third kappa shape index (κ3) is 6.16. The van der Waals surface area contributed by atoms with Gasteiger partial charge in [0.15, 0.2) is 5.13 Å². The molecule has 0 spiro atoms. The number of rotatable bonds is 7. The van der Waals surface area contributed by atoms with Crippen LogP contribution < -0.4 is 10.1 Å². The average Bonchev–Trinajstić information content (AvgIpc) is 3.31. The molecular formula is C26H18BrN3O2S. The zero-order valence-corrected chi connectivity index (χ0v) is 19.8. The Morgan fingerprint density at radius 2 is 1.88 bits per heavy atom. The first kappa shape index (κ1) is 22.5. The molecule has 0 radical (unpaired) electrons. The van der Waals surface area contributed by atoms with Gasteiger partial charge in [0, 0.05) is 15.4 Å². The number of thiazole rings is 1. The summed E-state index contributed by atoms with van der Waals surface area (Å²) in [6.07, 6.45) is 1.54. The van der Waals surface area contributed by atoms with E-state index in [-0.39, 0.29) is 5.57 Å². The Balaban J connectivity index is 1.43. The highest BCUT2D eigenvalue weighted by Gasteiger charge is 2.13. The maximum absolute atomic E-state index is 12.6. The number of halogens is 1. The second-order valence-electron chi connectivity index (χ2n) is 7.02. The third-order valence-electron chi connectivity index (χ3n) is 4.65. The maximum Gasteiger partial charge on any atom is 0.268 e. The van der Waals surface area contributed by atoms with Crippen molar-refractivity contribution in [2.75, 3.05) is 5.32 Å². The minimum absolute atomic E-state index is 0.0171. The van der Waals surface area contributed by atoms with Gasteiger partial charge in [-0.05, 0) is 41.5 Å². The summed E-state index contributed by atoms with van der Waals surface area (Å²) in [4.78, 5) is 17.1. The van der Waals surface area contributed by atoms with E-state index in [1.807, 2.05) is 84.2 Å². The Morgan fingerprint density at radius 1 is 1.09 bits per heavy atom. The molecule has 3 aromatic carbocycles. The average molecular weight is 516 g/mol. The minimum Gasteiger partial charge on any atom is -0.489 e. The normalized spacial score (nSPS) is 11.0. The first-order chi connectivity index (χ1) is 16.1. The van der Waals surface area contributed by atoms with Crippen LogP contribution in [0.15, 0.2) is 94.3 Å². The molecule has 33 heavy (non-hydrogen) atoms. The Kier molecular flexibility index (Phi) is 7.30. The first-order valence-electron chi connectivity index (χ1n) is 10.0. The van der Waals surface area contributed by atoms with Crippen LogP contribution in [0.5, 0.6) is 5.75 Å². The molecule has 0 unspecified atom stereocenters. The predicted octanol–water partition coefficient (Wildman–Crippen LogP) is 6.70. The summed E-state index contributed by atoms with van der Waals surface area (Å²) in [5.74, 6) is 0.143. The lowest BCUT2D eigenvalue weighted by molar-refractivity contribution is -0.112. The molecule has 7 heteroatoms. The quantitative estimate of drug-likeness (QED) is 0.219. The van der Waals surface area contributed by atoms with Gasteiger partial charge >= 0.3 is 0 Å². The summed E-state index contributed by atoms with van der Waals surface area (Å²) >= 11 is 4.73. The smallest absolute Gasteiger partial charge is 0.268 e. The van der Waals surface area contributed by atoms with E-state index in [4.69, 9.17) is 4.74 Å². The summed E-state index contributed by atoms with van der Waals surface area (Å²) in [7, 11) is 0. The van der Waals surface area contributed by atoms with Crippen molar-refractivity contribution < 1.29 is 9.53 Å². The lowest BCUT2D eigenvalue weighted by atomic mass is 10.1. The Labute approximate surface area is 204 Å². The monoisotopic (exact) mass is 515 g/mol. The molecule has 1 N–H and O–H groups in total. The molecule has 0 aliphatic rings. The van der Waals surface area contributed by atoms with Gasteiger partial charge in [-0.3, -0.25) is 10.1 Å². The number of nitrogens with zero attached hydrogens (tertiary/aromatic N) is 2. The van der Waals surface area contributed by atoms with Gasteiger partial charge < -0.3 is 4.74 Å². The fourth-order valence-electron chi connectivity index (χ4n) is 2.99. The van der Waals surface area contributed by atoms with Crippen molar-refractivity contribution in [2.45, 2.75) is 6.61 Å². The molecule has 1 aromatic heterocycles. The predicted molar refractivity (Wildman–Crippen MR) is 135 cm³/mol. The van der Waals surface area contributed by atoms with E-state index >= 15 is 0 Å². The molecule has 162 valence electrons. The van der Waals surface area contributed by atoms with Gasteiger partial charge in [-0.15, -0.1) is 11.3 Å². The van der Waals surface area contributed by atoms with Crippen LogP contribution in [-0.2, 0) is 11.4 Å². The molecule has 0 aliphatic carbocycles. The molecular weight excluding hydrogens is 498 g/mol. The third-order valence-corrected chi connectivity index (χ3v) is 5.93. The number of aromatic nitrogens is 1. The van der Waals surface area contributed by atoms with Crippen LogP contribution in [0.4, 0.5) is 5.13 Å². The second kappa shape index (κ2) is 10.7. The van der Waals surface area contributed by atoms with E-state index in [9.17, 15) is 10.1 Å². The molecule has 1 heterocycles. The number of amides is 1. The Hall–Kier alpha value is -3.73. The van der Waals surface area contributed by atoms with E-state index in [0.29, 0.717) is 23.1 Å². The largest absolute Gasteiger partial charge is 0.489 e. The summed E-state index contributed by atoms with van der Waals surface area (Å²) in [6.45, 7) is 0.417. The van der Waals surface area contributed by atoms with Crippen LogP contribution in [0.1, 0.15) is 11.1 Å². The number of anilines is 1. The number of ether oxygens (including phenoxy) is 1. The zero-order valence-electron chi connectivity index (χ0n) is 17.4. The van der Waals surface area contributed by atoms with Crippen molar-refractivity contribution >= 4 is 44.4 Å². The van der Waals surface area contributed by atoms with Crippen molar-refractivity contribution in [1.29, 1.82) is 5.26 Å². The number of benzene rings is 3. The van der Waals surface area contributed by atoms with Gasteiger partial charge in [0.25, 0.3) is 5.91 Å². The fourth-order valence-corrected chi connectivity index (χ4v) is 3.97. The molecule has 1 amide bonds. The highest BCUT2D eigenvalue weighted by atomic mass is 79.9. The van der Waals surface area contributed by atoms with Crippen molar-refractivity contribution in [2.24, 2.45) is 0 Å². The van der Waals surface area contributed by atoms with Crippen molar-refractivity contribution in [3.05, 3.63) is 105 Å². The van der Waals surface area contributed by atoms with Gasteiger partial charge in [0.05, 0.1) is 5.69 Å². The topological polar surface area (TPSA) is 75.0 Å². The molecule has 0 atom stereocenters. The first-order valence-corrected chi connectivity index (χ1v) is 11.7. The van der Waals surface area contributed by atoms with Crippen LogP contribution in [0.3, 0.4) is 0 Å². The van der Waals surface area contributed by atoms with Crippen LogP contribution in [0.25, 0.3) is 17.3 Å². The number of carbonyl (C=O) groups excluding carboxylic acids is 1. The van der Waals surface area contributed by atoms with E-state index < -0.39 is 5.91 Å². The van der Waals surface area contributed by atoms with Crippen LogP contribution in [0.2, 0.25) is 0 Å². The fraction of sp³-hybridized carbons (Fsp3) is 0.0385. The van der Waals surface area contributed by atoms with E-state index in [1.165, 1.54) is 17.4 Å². The maximum atomic E-state index is 12.6. The summed E-state index contributed by atoms with van der Waals surface area (Å²) in [5, 5.41) is 14.5. The van der Waals surface area contributed by atoms with Crippen LogP contribution in [-0.4, -0.2) is 10.9 Å². The second-order valence-corrected chi connectivity index (χ2v) is 8.79. The van der Waals surface area contributed by atoms with Crippen LogP contribution >= 0.6 is 27.3 Å². The van der Waals surface area contributed by atoms with Gasteiger partial charge in [-0.2, -0.15) is 5.26 Å². The Bertz CT molecular complexity index is 1330. The highest BCUT2D eigenvalue weighted by Crippen LogP contribution is 2.25. The van der Waals surface area contributed by atoms with Gasteiger partial charge in [0.1, 0.15) is 24.0 Å². The number of nitrogens with one attached hydrogen (secondary N) is 1. The molecule has 0 saturated heterocycles. The molecule has 0 fully saturated rings. The molecule has 0 bridgehead atoms. The summed E-state index contributed by atoms with van der Waals surface area (Å²) in [6, 6.07) is 26.8. The molecule has 0 saturated carbocycles. The Morgan fingerprint density at radius 3 is 2.64 bits per heavy atom. The van der Waals surface area contributed by atoms with E-state index in [2.05, 4.69) is 26.2 Å². The lowest BCUT2D eigenvalue weighted by Crippen LogP contribution is -2.13. The number of nitriles is 1. The highest BCUT2D eigenvalue weighted by molar-refractivity contribution is 9.10. The number of hydrogen-bond acceptors (Lipinski definition) is 5. The summed E-state index contributed by atoms with van der Waals surface area (Å²) in [5.41, 5.74) is 3.45. The van der Waals surface area contributed by atoms with Crippen molar-refractivity contribution in [3.8, 4) is 23.1 Å². The molecule has 4 aromatic rings. The van der Waals surface area contributed by atoms with Gasteiger partial charge in [-0.1, -0.05) is 70.5 Å². The SMILES string of the molecule is N#C/C(=C/c1cccc(OCc2ccc(Br)cc2)c1)C(=O)Nc1nc(-c2ccccc2)cs1. The van der Waals surface area contributed by atoms with Crippen molar-refractivity contribution in [1.82, 2.24) is 4.98 Å². The van der Waals surface area contributed by atoms with Crippen molar-refractivity contribution in [3.63, 3.8) is 0 Å². The lowest BCUT2D eigenvalue weighted by Gasteiger charge is -2.07. The van der Waals surface area contributed by atoms with E-state index in [1.54, 1.807) is 6.07 Å². The van der Waals surface area contributed by atoms with E-state index in [0.717, 1.165) is 21.3 Å². The minimum atomic E-state index is -0.507. The molecule has 5 nitrogen and oxygen atoms in total. The molecule has 0 aliphatic heterocycles. The summed E-state index contributed by atoms with van der Waals surface area (Å²) < 4.78 is 6.86. The number of hydrogen-bond donors (Lipinski definition) is 1. The molecule has 4 rings (SSSR count).